The molecule has 6 heteroatoms. The zero-order valence-corrected chi connectivity index (χ0v) is 14.2. The molecule has 0 aliphatic carbocycles. The fourth-order valence-electron chi connectivity index (χ4n) is 3.73. The Bertz CT molecular complexity index is 1160. The van der Waals surface area contributed by atoms with E-state index in [0.29, 0.717) is 17.3 Å². The van der Waals surface area contributed by atoms with Crippen molar-refractivity contribution in [3.8, 4) is 6.07 Å². The number of aromatic nitrogens is 3. The second-order valence-corrected chi connectivity index (χ2v) is 6.71. The Hall–Kier alpha value is -3.17. The van der Waals surface area contributed by atoms with Gasteiger partial charge in [0, 0.05) is 11.4 Å². The van der Waals surface area contributed by atoms with E-state index in [-0.39, 0.29) is 0 Å². The lowest BCUT2D eigenvalue weighted by Gasteiger charge is -2.24. The van der Waals surface area contributed by atoms with E-state index < -0.39 is 0 Å². The van der Waals surface area contributed by atoms with Gasteiger partial charge in [-0.2, -0.15) is 5.26 Å². The average molecular weight is 342 g/mol. The molecule has 0 amide bonds. The first kappa shape index (κ1) is 15.1. The normalized spacial score (nSPS) is 15.5. The van der Waals surface area contributed by atoms with Crippen LogP contribution in [0.3, 0.4) is 0 Å². The summed E-state index contributed by atoms with van der Waals surface area (Å²) >= 11 is 0. The van der Waals surface area contributed by atoms with Crippen molar-refractivity contribution < 1.29 is 0 Å². The van der Waals surface area contributed by atoms with Crippen LogP contribution in [-0.4, -0.2) is 33.5 Å². The zero-order chi connectivity index (χ0) is 17.5. The fraction of sp³-hybridized carbons (Fsp3) is 0.250. The van der Waals surface area contributed by atoms with Crippen molar-refractivity contribution in [3.63, 3.8) is 0 Å². The van der Waals surface area contributed by atoms with Gasteiger partial charge in [-0.3, -0.25) is 4.40 Å². The molecule has 4 aromatic rings. The monoisotopic (exact) mass is 342 g/mol. The molecular formula is C20H18N6. The zero-order valence-electron chi connectivity index (χ0n) is 14.2. The number of imidazole rings is 1. The second-order valence-electron chi connectivity index (χ2n) is 6.71. The summed E-state index contributed by atoms with van der Waals surface area (Å²) in [6.07, 6.45) is 2.19. The maximum absolute atomic E-state index is 9.55. The third-order valence-corrected chi connectivity index (χ3v) is 5.03. The van der Waals surface area contributed by atoms with E-state index >= 15 is 0 Å². The summed E-state index contributed by atoms with van der Waals surface area (Å²) in [5.74, 6) is 0.869. The van der Waals surface area contributed by atoms with E-state index in [1.54, 1.807) is 0 Å². The molecule has 1 fully saturated rings. The number of piperidine rings is 1. The first-order valence-electron chi connectivity index (χ1n) is 8.92. The molecule has 0 atom stereocenters. The van der Waals surface area contributed by atoms with Gasteiger partial charge in [0.2, 0.25) is 0 Å². The Balaban J connectivity index is 1.73. The maximum Gasteiger partial charge on any atom is 0.157 e. The van der Waals surface area contributed by atoms with Gasteiger partial charge in [0.05, 0.1) is 16.6 Å². The van der Waals surface area contributed by atoms with Crippen molar-refractivity contribution in [1.82, 2.24) is 19.7 Å². The van der Waals surface area contributed by atoms with E-state index in [1.807, 2.05) is 46.9 Å². The molecule has 26 heavy (non-hydrogen) atoms. The first-order valence-corrected chi connectivity index (χ1v) is 8.92. The molecule has 0 spiro atoms. The molecule has 4 heterocycles. The van der Waals surface area contributed by atoms with Crippen LogP contribution >= 0.6 is 0 Å². The van der Waals surface area contributed by atoms with Gasteiger partial charge in [0.1, 0.15) is 17.5 Å². The number of hydrogen-bond acceptors (Lipinski definition) is 5. The average Bonchev–Trinajstić information content (AvgIpc) is 3.08. The highest BCUT2D eigenvalue weighted by atomic mass is 15.1. The number of benzene rings is 1. The Morgan fingerprint density at radius 1 is 1.08 bits per heavy atom. The third kappa shape index (κ3) is 2.37. The van der Waals surface area contributed by atoms with Gasteiger partial charge in [-0.15, -0.1) is 0 Å². The van der Waals surface area contributed by atoms with Crippen LogP contribution in [0, 0.1) is 11.3 Å². The molecule has 0 radical (unpaired) electrons. The van der Waals surface area contributed by atoms with Crippen LogP contribution in [-0.2, 0) is 0 Å². The quantitative estimate of drug-likeness (QED) is 0.585. The number of nitrogens with one attached hydrogen (secondary N) is 2. The van der Waals surface area contributed by atoms with E-state index in [1.165, 1.54) is 0 Å². The van der Waals surface area contributed by atoms with Crippen LogP contribution in [0.15, 0.2) is 42.5 Å². The number of para-hydroxylation sites is 2. The molecule has 1 aliphatic rings. The Morgan fingerprint density at radius 2 is 1.92 bits per heavy atom. The molecule has 1 aromatic carbocycles. The lowest BCUT2D eigenvalue weighted by Crippen LogP contribution is -2.35. The van der Waals surface area contributed by atoms with Crippen molar-refractivity contribution in [3.05, 3.63) is 48.0 Å². The Labute approximate surface area is 150 Å². The van der Waals surface area contributed by atoms with E-state index in [4.69, 9.17) is 4.98 Å². The minimum atomic E-state index is 0.439. The minimum absolute atomic E-state index is 0.439. The van der Waals surface area contributed by atoms with Crippen LogP contribution in [0.5, 0.6) is 0 Å². The number of nitriles is 1. The number of hydrogen-bond donors (Lipinski definition) is 2. The number of pyridine rings is 2. The summed E-state index contributed by atoms with van der Waals surface area (Å²) < 4.78 is 2.00. The molecule has 0 bridgehead atoms. The SMILES string of the molecule is N#Cc1cc2ccc(NC3CCNCC3)nc2n2c1nc1ccccc12. The summed E-state index contributed by atoms with van der Waals surface area (Å²) in [5, 5.41) is 17.4. The van der Waals surface area contributed by atoms with Gasteiger partial charge in [-0.1, -0.05) is 12.1 Å². The van der Waals surface area contributed by atoms with Crippen molar-refractivity contribution in [2.75, 3.05) is 18.4 Å². The predicted octanol–water partition coefficient (Wildman–Crippen LogP) is 3.07. The molecule has 6 nitrogen and oxygen atoms in total. The standard InChI is InChI=1S/C20H18N6/c21-12-14-11-13-5-6-18(23-15-7-9-22-10-8-15)25-19(13)26-17-4-2-1-3-16(17)24-20(14)26/h1-6,11,15,22H,7-10H2,(H,23,25). The summed E-state index contributed by atoms with van der Waals surface area (Å²) in [6.45, 7) is 2.07. The highest BCUT2D eigenvalue weighted by Crippen LogP contribution is 2.26. The molecular weight excluding hydrogens is 324 g/mol. The van der Waals surface area contributed by atoms with Crippen LogP contribution in [0.2, 0.25) is 0 Å². The smallest absolute Gasteiger partial charge is 0.157 e. The molecule has 0 unspecified atom stereocenters. The molecule has 2 N–H and O–H groups in total. The fourth-order valence-corrected chi connectivity index (χ4v) is 3.73. The summed E-state index contributed by atoms with van der Waals surface area (Å²) in [4.78, 5) is 9.53. The third-order valence-electron chi connectivity index (χ3n) is 5.03. The topological polar surface area (TPSA) is 78.0 Å². The van der Waals surface area contributed by atoms with Crippen molar-refractivity contribution in [2.24, 2.45) is 0 Å². The first-order chi connectivity index (χ1) is 12.8. The lowest BCUT2D eigenvalue weighted by atomic mass is 10.1. The molecule has 0 saturated carbocycles. The number of fused-ring (bicyclic) bond motifs is 5. The maximum atomic E-state index is 9.55. The van der Waals surface area contributed by atoms with Crippen LogP contribution in [0.1, 0.15) is 18.4 Å². The molecule has 3 aromatic heterocycles. The molecule has 1 saturated heterocycles. The van der Waals surface area contributed by atoms with Crippen LogP contribution < -0.4 is 10.6 Å². The highest BCUT2D eigenvalue weighted by molar-refractivity contribution is 5.91. The number of anilines is 1. The van der Waals surface area contributed by atoms with Gasteiger partial charge in [0.15, 0.2) is 5.65 Å². The molecule has 128 valence electrons. The van der Waals surface area contributed by atoms with Gasteiger partial charge < -0.3 is 10.6 Å². The summed E-state index contributed by atoms with van der Waals surface area (Å²) in [6, 6.07) is 16.5. The van der Waals surface area contributed by atoms with Crippen molar-refractivity contribution >= 4 is 33.5 Å². The number of nitrogens with zero attached hydrogens (tertiary/aromatic N) is 4. The summed E-state index contributed by atoms with van der Waals surface area (Å²) in [7, 11) is 0. The van der Waals surface area contributed by atoms with Crippen LogP contribution in [0.4, 0.5) is 5.82 Å². The van der Waals surface area contributed by atoms with Crippen molar-refractivity contribution in [2.45, 2.75) is 18.9 Å². The van der Waals surface area contributed by atoms with Gasteiger partial charge in [-0.05, 0) is 56.3 Å². The molecule has 1 aliphatic heterocycles. The summed E-state index contributed by atoms with van der Waals surface area (Å²) in [5.41, 5.74) is 3.89. The van der Waals surface area contributed by atoms with E-state index in [9.17, 15) is 5.26 Å². The Morgan fingerprint density at radius 3 is 2.77 bits per heavy atom. The van der Waals surface area contributed by atoms with Crippen molar-refractivity contribution in [1.29, 1.82) is 5.26 Å². The van der Waals surface area contributed by atoms with Crippen LogP contribution in [0.25, 0.3) is 27.7 Å². The predicted molar refractivity (Wildman–Crippen MR) is 102 cm³/mol. The molecule has 5 rings (SSSR count). The lowest BCUT2D eigenvalue weighted by molar-refractivity contribution is 0.478. The van der Waals surface area contributed by atoms with E-state index in [0.717, 1.165) is 53.8 Å². The minimum Gasteiger partial charge on any atom is -0.367 e. The second kappa shape index (κ2) is 5.97. The number of rotatable bonds is 2. The largest absolute Gasteiger partial charge is 0.367 e. The highest BCUT2D eigenvalue weighted by Gasteiger charge is 2.16. The van der Waals surface area contributed by atoms with Gasteiger partial charge in [-0.25, -0.2) is 9.97 Å². The van der Waals surface area contributed by atoms with Gasteiger partial charge >= 0.3 is 0 Å². The van der Waals surface area contributed by atoms with E-state index in [2.05, 4.69) is 21.7 Å². The van der Waals surface area contributed by atoms with Gasteiger partial charge in [0.25, 0.3) is 0 Å². The Kier molecular flexibility index (Phi) is 3.47.